The predicted molar refractivity (Wildman–Crippen MR) is 95.2 cm³/mol. The summed E-state index contributed by atoms with van der Waals surface area (Å²) in [6.07, 6.45) is 9.07. The zero-order chi connectivity index (χ0) is 17.0. The van der Waals surface area contributed by atoms with E-state index in [1.165, 1.54) is 6.42 Å². The number of rotatable bonds is 2. The normalized spacial score (nSPS) is 32.6. The molecule has 1 unspecified atom stereocenters. The van der Waals surface area contributed by atoms with Gasteiger partial charge in [0.2, 0.25) is 0 Å². The van der Waals surface area contributed by atoms with Crippen LogP contribution in [0.4, 0.5) is 0 Å². The summed E-state index contributed by atoms with van der Waals surface area (Å²) in [6.45, 7) is 0.661. The number of benzene rings is 1. The fraction of sp³-hybridized carbons (Fsp3) is 0.600. The van der Waals surface area contributed by atoms with Crippen molar-refractivity contribution >= 4 is 16.9 Å². The number of hydrogen-bond donors (Lipinski definition) is 2. The quantitative estimate of drug-likeness (QED) is 0.883. The first kappa shape index (κ1) is 15.4. The smallest absolute Gasteiger partial charge is 0.256 e. The molecule has 2 heterocycles. The summed E-state index contributed by atoms with van der Waals surface area (Å²) < 4.78 is 0. The summed E-state index contributed by atoms with van der Waals surface area (Å²) >= 11 is 0. The lowest BCUT2D eigenvalue weighted by atomic mass is 9.67. The van der Waals surface area contributed by atoms with Gasteiger partial charge < -0.3 is 15.0 Å². The van der Waals surface area contributed by atoms with Crippen LogP contribution in [0.25, 0.3) is 11.0 Å². The molecule has 132 valence electrons. The molecule has 1 aromatic carbocycles. The molecule has 2 saturated carbocycles. The number of aliphatic hydroxyl groups is 1. The Balaban J connectivity index is 1.49. The van der Waals surface area contributed by atoms with E-state index in [1.54, 1.807) is 6.33 Å². The molecule has 3 atom stereocenters. The maximum Gasteiger partial charge on any atom is 0.256 e. The molecule has 0 bridgehead atoms. The highest BCUT2D eigenvalue weighted by atomic mass is 16.3. The lowest BCUT2D eigenvalue weighted by Gasteiger charge is -2.52. The average Bonchev–Trinajstić information content (AvgIpc) is 3.40. The molecule has 2 aromatic rings. The molecule has 1 aromatic heterocycles. The third kappa shape index (κ3) is 2.32. The first-order chi connectivity index (χ1) is 12.2. The zero-order valence-electron chi connectivity index (χ0n) is 14.4. The van der Waals surface area contributed by atoms with Crippen LogP contribution in [0.2, 0.25) is 0 Å². The van der Waals surface area contributed by atoms with Crippen LogP contribution >= 0.6 is 0 Å². The largest absolute Gasteiger partial charge is 0.389 e. The molecule has 1 aliphatic heterocycles. The molecule has 0 radical (unpaired) electrons. The molecule has 0 spiro atoms. The molecule has 5 nitrogen and oxygen atoms in total. The Morgan fingerprint density at radius 2 is 2.08 bits per heavy atom. The summed E-state index contributed by atoms with van der Waals surface area (Å²) in [7, 11) is 0. The van der Waals surface area contributed by atoms with E-state index in [0.717, 1.165) is 49.6 Å². The minimum absolute atomic E-state index is 0.0763. The fourth-order valence-electron chi connectivity index (χ4n) is 5.35. The number of H-pyrrole nitrogens is 1. The number of fused-ring (bicyclic) bond motifs is 2. The second kappa shape index (κ2) is 5.56. The lowest BCUT2D eigenvalue weighted by Crippen LogP contribution is -2.61. The highest BCUT2D eigenvalue weighted by Gasteiger charge is 2.55. The van der Waals surface area contributed by atoms with E-state index >= 15 is 0 Å². The summed E-state index contributed by atoms with van der Waals surface area (Å²) in [5.74, 6) is 0.780. The number of nitrogens with one attached hydrogen (secondary N) is 1. The number of amides is 1. The number of aromatic amines is 1. The first-order valence-electron chi connectivity index (χ1n) is 9.64. The molecule has 5 heteroatoms. The Kier molecular flexibility index (Phi) is 3.42. The topological polar surface area (TPSA) is 69.2 Å². The van der Waals surface area contributed by atoms with Crippen molar-refractivity contribution in [3.05, 3.63) is 30.1 Å². The van der Waals surface area contributed by atoms with Gasteiger partial charge in [0.05, 0.1) is 23.0 Å². The van der Waals surface area contributed by atoms with Gasteiger partial charge in [0, 0.05) is 18.5 Å². The van der Waals surface area contributed by atoms with Crippen molar-refractivity contribution in [1.29, 1.82) is 0 Å². The second-order valence-electron chi connectivity index (χ2n) is 8.08. The van der Waals surface area contributed by atoms with Crippen molar-refractivity contribution in [3.63, 3.8) is 0 Å². The van der Waals surface area contributed by atoms with Crippen molar-refractivity contribution in [2.45, 2.75) is 56.6 Å². The van der Waals surface area contributed by atoms with Crippen molar-refractivity contribution < 1.29 is 9.90 Å². The first-order valence-corrected chi connectivity index (χ1v) is 9.64. The van der Waals surface area contributed by atoms with E-state index < -0.39 is 5.60 Å². The van der Waals surface area contributed by atoms with Gasteiger partial charge in [-0.1, -0.05) is 18.9 Å². The van der Waals surface area contributed by atoms with Crippen LogP contribution in [0.5, 0.6) is 0 Å². The molecule has 5 rings (SSSR count). The number of para-hydroxylation sites is 1. The van der Waals surface area contributed by atoms with Crippen LogP contribution in [-0.4, -0.2) is 44.1 Å². The van der Waals surface area contributed by atoms with Gasteiger partial charge in [-0.25, -0.2) is 4.98 Å². The van der Waals surface area contributed by atoms with Crippen LogP contribution in [0.1, 0.15) is 55.3 Å². The molecule has 1 amide bonds. The van der Waals surface area contributed by atoms with Crippen LogP contribution in [-0.2, 0) is 0 Å². The molecule has 1 saturated heterocycles. The predicted octanol–water partition coefficient (Wildman–Crippen LogP) is 3.11. The maximum absolute atomic E-state index is 13.4. The van der Waals surface area contributed by atoms with Gasteiger partial charge in [-0.3, -0.25) is 4.79 Å². The second-order valence-corrected chi connectivity index (χ2v) is 8.08. The maximum atomic E-state index is 13.4. The van der Waals surface area contributed by atoms with Gasteiger partial charge in [0.1, 0.15) is 5.52 Å². The van der Waals surface area contributed by atoms with Crippen LogP contribution in [0, 0.1) is 11.8 Å². The van der Waals surface area contributed by atoms with Crippen LogP contribution < -0.4 is 0 Å². The lowest BCUT2D eigenvalue weighted by molar-refractivity contribution is -0.118. The highest BCUT2D eigenvalue weighted by molar-refractivity contribution is 6.05. The molecule has 3 fully saturated rings. The number of carbonyl (C=O) groups is 1. The Bertz CT molecular complexity index is 812. The summed E-state index contributed by atoms with van der Waals surface area (Å²) in [6, 6.07) is 5.92. The van der Waals surface area contributed by atoms with Crippen molar-refractivity contribution in [2.75, 3.05) is 6.54 Å². The van der Waals surface area contributed by atoms with E-state index in [4.69, 9.17) is 0 Å². The third-order valence-corrected chi connectivity index (χ3v) is 6.75. The number of likely N-dealkylation sites (tertiary alicyclic amines) is 1. The molecular formula is C20H25N3O2. The summed E-state index contributed by atoms with van der Waals surface area (Å²) in [5, 5.41) is 11.4. The van der Waals surface area contributed by atoms with E-state index in [0.29, 0.717) is 18.0 Å². The number of imidazole rings is 1. The van der Waals surface area contributed by atoms with E-state index in [9.17, 15) is 9.90 Å². The van der Waals surface area contributed by atoms with Crippen molar-refractivity contribution in [3.8, 4) is 0 Å². The molecular weight excluding hydrogens is 314 g/mol. The molecule has 2 N–H and O–H groups in total. The Morgan fingerprint density at radius 3 is 2.92 bits per heavy atom. The Hall–Kier alpha value is -1.88. The highest BCUT2D eigenvalue weighted by Crippen LogP contribution is 2.52. The number of carbonyl (C=O) groups excluding carboxylic acids is 1. The SMILES string of the molecule is O=C(c1cccc2[nH]cnc12)N1CCC(O)(C2CC2)[C@@H]2CCCC[C@@H]21. The van der Waals surface area contributed by atoms with Crippen molar-refractivity contribution in [1.82, 2.24) is 14.9 Å². The number of nitrogens with zero attached hydrogens (tertiary/aromatic N) is 2. The average molecular weight is 339 g/mol. The third-order valence-electron chi connectivity index (χ3n) is 6.75. The van der Waals surface area contributed by atoms with Gasteiger partial charge in [0.15, 0.2) is 0 Å². The van der Waals surface area contributed by atoms with Crippen LogP contribution in [0.3, 0.4) is 0 Å². The van der Waals surface area contributed by atoms with Gasteiger partial charge in [-0.2, -0.15) is 0 Å². The zero-order valence-corrected chi connectivity index (χ0v) is 14.4. The monoisotopic (exact) mass is 339 g/mol. The number of piperidine rings is 1. The van der Waals surface area contributed by atoms with Crippen molar-refractivity contribution in [2.24, 2.45) is 11.8 Å². The number of hydrogen-bond acceptors (Lipinski definition) is 3. The van der Waals surface area contributed by atoms with E-state index in [2.05, 4.69) is 9.97 Å². The fourth-order valence-corrected chi connectivity index (χ4v) is 5.35. The van der Waals surface area contributed by atoms with Gasteiger partial charge in [0.25, 0.3) is 5.91 Å². The minimum Gasteiger partial charge on any atom is -0.389 e. The molecule has 25 heavy (non-hydrogen) atoms. The standard InChI is InChI=1S/C20H25N3O2/c24-19(14-4-3-6-16-18(14)22-12-21-16)23-11-10-20(25,13-8-9-13)15-5-1-2-7-17(15)23/h3-4,6,12-13,15,17,25H,1-2,5,7-11H2,(H,21,22)/t15-,17+,20?/m1/s1. The van der Waals surface area contributed by atoms with Gasteiger partial charge in [-0.05, 0) is 50.2 Å². The Labute approximate surface area is 147 Å². The van der Waals surface area contributed by atoms with Gasteiger partial charge >= 0.3 is 0 Å². The van der Waals surface area contributed by atoms with Crippen LogP contribution in [0.15, 0.2) is 24.5 Å². The Morgan fingerprint density at radius 1 is 1.24 bits per heavy atom. The van der Waals surface area contributed by atoms with E-state index in [1.807, 2.05) is 23.1 Å². The molecule has 2 aliphatic carbocycles. The minimum atomic E-state index is -0.541. The summed E-state index contributed by atoms with van der Waals surface area (Å²) in [5.41, 5.74) is 1.79. The molecule has 3 aliphatic rings. The number of aromatic nitrogens is 2. The summed E-state index contributed by atoms with van der Waals surface area (Å²) in [4.78, 5) is 22.8. The van der Waals surface area contributed by atoms with Gasteiger partial charge in [-0.15, -0.1) is 0 Å². The van der Waals surface area contributed by atoms with E-state index in [-0.39, 0.29) is 17.9 Å².